The summed E-state index contributed by atoms with van der Waals surface area (Å²) in [7, 11) is 0. The van der Waals surface area contributed by atoms with Crippen molar-refractivity contribution in [1.82, 2.24) is 4.90 Å². The van der Waals surface area contributed by atoms with Gasteiger partial charge in [-0.1, -0.05) is 54.5 Å². The van der Waals surface area contributed by atoms with Crippen molar-refractivity contribution in [3.63, 3.8) is 0 Å². The van der Waals surface area contributed by atoms with Gasteiger partial charge in [-0.2, -0.15) is 0 Å². The van der Waals surface area contributed by atoms with Gasteiger partial charge in [-0.15, -0.1) is 0 Å². The molecule has 242 valence electrons. The molecule has 0 spiro atoms. The van der Waals surface area contributed by atoms with Crippen LogP contribution in [0.4, 0.5) is 22.7 Å². The zero-order valence-electron chi connectivity index (χ0n) is 27.0. The molecule has 4 aromatic rings. The Balaban J connectivity index is 1.58. The number of ether oxygens (including phenoxy) is 1. The fourth-order valence-corrected chi connectivity index (χ4v) is 5.68. The van der Waals surface area contributed by atoms with Crippen molar-refractivity contribution >= 4 is 40.2 Å². The van der Waals surface area contributed by atoms with Crippen molar-refractivity contribution in [1.29, 1.82) is 0 Å². The van der Waals surface area contributed by atoms with Crippen LogP contribution in [-0.4, -0.2) is 59.1 Å². The highest BCUT2D eigenvalue weighted by molar-refractivity contribution is 6.15. The zero-order chi connectivity index (χ0) is 33.6. The Bertz CT molecular complexity index is 1760. The van der Waals surface area contributed by atoms with Gasteiger partial charge in [0.05, 0.1) is 34.9 Å². The van der Waals surface area contributed by atoms with Crippen LogP contribution in [0.25, 0.3) is 0 Å². The minimum Gasteiger partial charge on any atom is -0.379 e. The predicted molar refractivity (Wildman–Crippen MR) is 182 cm³/mol. The molecular formula is C37H38N4O6. The van der Waals surface area contributed by atoms with Crippen LogP contribution in [0.2, 0.25) is 0 Å². The number of carbonyl (C=O) groups excluding carboxylic acids is 2. The van der Waals surface area contributed by atoms with Gasteiger partial charge in [0.15, 0.2) is 5.78 Å². The van der Waals surface area contributed by atoms with Gasteiger partial charge < -0.3 is 14.5 Å². The summed E-state index contributed by atoms with van der Waals surface area (Å²) in [5, 5.41) is 16.5. The summed E-state index contributed by atoms with van der Waals surface area (Å²) in [6, 6.07) is 29.0. The number of nitro benzene ring substituents is 1. The lowest BCUT2D eigenvalue weighted by Crippen LogP contribution is -2.54. The fourth-order valence-electron chi connectivity index (χ4n) is 5.68. The molecular weight excluding hydrogens is 596 g/mol. The van der Waals surface area contributed by atoms with E-state index in [1.807, 2.05) is 61.2 Å². The van der Waals surface area contributed by atoms with Crippen molar-refractivity contribution in [3.8, 4) is 0 Å². The fraction of sp³-hybridized carbons (Fsp3) is 0.270. The quantitative estimate of drug-likeness (QED) is 0.0558. The monoisotopic (exact) mass is 634 g/mol. The van der Waals surface area contributed by atoms with Gasteiger partial charge in [0.25, 0.3) is 5.69 Å². The molecule has 0 atom stereocenters. The van der Waals surface area contributed by atoms with Gasteiger partial charge in [-0.3, -0.25) is 19.8 Å². The van der Waals surface area contributed by atoms with E-state index in [0.717, 1.165) is 17.7 Å². The van der Waals surface area contributed by atoms with Crippen LogP contribution in [0.15, 0.2) is 102 Å². The molecule has 0 amide bonds. The van der Waals surface area contributed by atoms with Gasteiger partial charge in [0, 0.05) is 48.6 Å². The summed E-state index contributed by atoms with van der Waals surface area (Å²) in [6.07, 6.45) is 0.861. The highest BCUT2D eigenvalue weighted by Crippen LogP contribution is 2.38. The van der Waals surface area contributed by atoms with E-state index in [2.05, 4.69) is 17.0 Å². The molecule has 5 rings (SSSR count). The standard InChI is InChI=1S/C37H38N4O6/c1-5-27-11-15-30(16-12-27)40(31-17-13-29(14-18-31)36(43)37(3,4)39-21-23-46-24-22-39)32-19-20-33(34(25-32)41(44)45)35(38-47-26(2)42)28-9-7-6-8-10-28/h6-20,25H,5,21-24H2,1-4H3/b38-35+. The Hall–Kier alpha value is -5.19. The third-order valence-corrected chi connectivity index (χ3v) is 8.35. The Kier molecular flexibility index (Phi) is 10.2. The van der Waals surface area contributed by atoms with Crippen molar-refractivity contribution in [2.24, 2.45) is 5.16 Å². The van der Waals surface area contributed by atoms with E-state index in [-0.39, 0.29) is 22.7 Å². The largest absolute Gasteiger partial charge is 0.379 e. The van der Waals surface area contributed by atoms with Crippen LogP contribution in [0, 0.1) is 10.1 Å². The SMILES string of the molecule is CCc1ccc(N(c2ccc(C(=O)C(C)(C)N3CCOCC3)cc2)c2ccc(/C(=N/OC(C)=O)c3ccccc3)c([N+](=O)[O-])c2)cc1. The second-order valence-electron chi connectivity index (χ2n) is 11.7. The number of carbonyl (C=O) groups is 2. The number of anilines is 3. The lowest BCUT2D eigenvalue weighted by Gasteiger charge is -2.39. The normalized spacial score (nSPS) is 14.0. The maximum absolute atomic E-state index is 13.7. The van der Waals surface area contributed by atoms with E-state index in [9.17, 15) is 19.7 Å². The molecule has 0 radical (unpaired) electrons. The van der Waals surface area contributed by atoms with Crippen LogP contribution in [-0.2, 0) is 20.8 Å². The highest BCUT2D eigenvalue weighted by atomic mass is 16.7. The maximum atomic E-state index is 13.7. The summed E-state index contributed by atoms with van der Waals surface area (Å²) in [4.78, 5) is 46.4. The van der Waals surface area contributed by atoms with Crippen LogP contribution in [0.1, 0.15) is 54.7 Å². The number of nitrogens with zero attached hydrogens (tertiary/aromatic N) is 4. The molecule has 10 heteroatoms. The van der Waals surface area contributed by atoms with Crippen LogP contribution in [0.5, 0.6) is 0 Å². The summed E-state index contributed by atoms with van der Waals surface area (Å²) >= 11 is 0. The number of benzene rings is 4. The van der Waals surface area contributed by atoms with E-state index in [0.29, 0.717) is 48.8 Å². The number of hydrogen-bond donors (Lipinski definition) is 0. The molecule has 10 nitrogen and oxygen atoms in total. The van der Waals surface area contributed by atoms with Gasteiger partial charge in [-0.05, 0) is 74.4 Å². The number of ketones is 1. The minimum absolute atomic E-state index is 0.00491. The van der Waals surface area contributed by atoms with Crippen LogP contribution in [0.3, 0.4) is 0 Å². The number of Topliss-reactive ketones (excluding diaryl/α,β-unsaturated/α-hetero) is 1. The van der Waals surface area contributed by atoms with Crippen molar-refractivity contribution in [3.05, 3.63) is 129 Å². The summed E-state index contributed by atoms with van der Waals surface area (Å²) in [5.74, 6) is -0.639. The molecule has 0 N–H and O–H groups in total. The highest BCUT2D eigenvalue weighted by Gasteiger charge is 2.36. The molecule has 0 aromatic heterocycles. The van der Waals surface area contributed by atoms with Gasteiger partial charge in [0.2, 0.25) is 0 Å². The molecule has 0 bridgehead atoms. The third-order valence-electron chi connectivity index (χ3n) is 8.35. The number of nitro groups is 1. The van der Waals surface area contributed by atoms with Gasteiger partial charge in [-0.25, -0.2) is 4.79 Å². The van der Waals surface area contributed by atoms with E-state index in [1.54, 1.807) is 48.5 Å². The Morgan fingerprint density at radius 2 is 1.49 bits per heavy atom. The Morgan fingerprint density at radius 1 is 0.894 bits per heavy atom. The molecule has 0 aliphatic carbocycles. The average Bonchev–Trinajstić information content (AvgIpc) is 3.09. The van der Waals surface area contributed by atoms with Crippen molar-refractivity contribution in [2.75, 3.05) is 31.2 Å². The maximum Gasteiger partial charge on any atom is 0.332 e. The van der Waals surface area contributed by atoms with E-state index >= 15 is 0 Å². The molecule has 0 saturated carbocycles. The van der Waals surface area contributed by atoms with E-state index < -0.39 is 16.4 Å². The lowest BCUT2D eigenvalue weighted by atomic mass is 9.90. The van der Waals surface area contributed by atoms with Gasteiger partial charge in [0.1, 0.15) is 5.71 Å². The van der Waals surface area contributed by atoms with Crippen LogP contribution >= 0.6 is 0 Å². The molecule has 1 aliphatic rings. The van der Waals surface area contributed by atoms with E-state index in [4.69, 9.17) is 9.57 Å². The first-order valence-electron chi connectivity index (χ1n) is 15.6. The Morgan fingerprint density at radius 3 is 2.06 bits per heavy atom. The molecule has 1 aliphatic heterocycles. The molecule has 4 aromatic carbocycles. The topological polar surface area (TPSA) is 115 Å². The number of aryl methyl sites for hydroxylation is 1. The lowest BCUT2D eigenvalue weighted by molar-refractivity contribution is -0.385. The summed E-state index contributed by atoms with van der Waals surface area (Å²) in [5.41, 5.74) is 3.73. The summed E-state index contributed by atoms with van der Waals surface area (Å²) in [6.45, 7) is 9.72. The number of hydrogen-bond acceptors (Lipinski definition) is 9. The molecule has 1 saturated heterocycles. The second-order valence-corrected chi connectivity index (χ2v) is 11.7. The van der Waals surface area contributed by atoms with Crippen LogP contribution < -0.4 is 4.90 Å². The molecule has 0 unspecified atom stereocenters. The number of morpholine rings is 1. The minimum atomic E-state index is -0.707. The predicted octanol–water partition coefficient (Wildman–Crippen LogP) is 7.24. The molecule has 47 heavy (non-hydrogen) atoms. The number of rotatable bonds is 11. The first-order valence-corrected chi connectivity index (χ1v) is 15.6. The van der Waals surface area contributed by atoms with E-state index in [1.165, 1.54) is 13.0 Å². The first-order chi connectivity index (χ1) is 22.6. The smallest absolute Gasteiger partial charge is 0.332 e. The van der Waals surface area contributed by atoms with Crippen molar-refractivity contribution < 1.29 is 24.1 Å². The second kappa shape index (κ2) is 14.5. The Labute approximate surface area is 274 Å². The van der Waals surface area contributed by atoms with Crippen molar-refractivity contribution in [2.45, 2.75) is 39.7 Å². The summed E-state index contributed by atoms with van der Waals surface area (Å²) < 4.78 is 5.48. The zero-order valence-corrected chi connectivity index (χ0v) is 27.0. The first kappa shape index (κ1) is 33.2. The average molecular weight is 635 g/mol. The molecule has 1 heterocycles. The molecule has 1 fully saturated rings. The number of oxime groups is 1. The van der Waals surface area contributed by atoms with Gasteiger partial charge >= 0.3 is 5.97 Å². The third kappa shape index (κ3) is 7.45.